The summed E-state index contributed by atoms with van der Waals surface area (Å²) < 4.78 is 6.76. The van der Waals surface area contributed by atoms with Crippen molar-refractivity contribution in [3.63, 3.8) is 0 Å². The van der Waals surface area contributed by atoms with Crippen molar-refractivity contribution in [1.29, 1.82) is 0 Å². The fraction of sp³-hybridized carbons (Fsp3) is 0.0714. The van der Waals surface area contributed by atoms with Crippen LogP contribution in [0.4, 0.5) is 5.69 Å². The van der Waals surface area contributed by atoms with Crippen LogP contribution in [-0.4, -0.2) is 13.0 Å². The Morgan fingerprint density at radius 1 is 1.16 bits per heavy atom. The lowest BCUT2D eigenvalue weighted by Crippen LogP contribution is -2.12. The van der Waals surface area contributed by atoms with E-state index < -0.39 is 0 Å². The van der Waals surface area contributed by atoms with E-state index in [2.05, 4.69) is 37.2 Å². The third-order valence-electron chi connectivity index (χ3n) is 2.48. The summed E-state index contributed by atoms with van der Waals surface area (Å²) in [6, 6.07) is 12.7. The van der Waals surface area contributed by atoms with Crippen LogP contribution in [0, 0.1) is 0 Å². The molecule has 0 aliphatic carbocycles. The van der Waals surface area contributed by atoms with Crippen LogP contribution < -0.4 is 10.1 Å². The minimum Gasteiger partial charge on any atom is -0.497 e. The van der Waals surface area contributed by atoms with E-state index >= 15 is 0 Å². The molecule has 2 aromatic carbocycles. The molecule has 3 nitrogen and oxygen atoms in total. The monoisotopic (exact) mass is 383 g/mol. The Morgan fingerprint density at radius 3 is 2.58 bits per heavy atom. The smallest absolute Gasteiger partial charge is 0.256 e. The summed E-state index contributed by atoms with van der Waals surface area (Å²) in [5.41, 5.74) is 1.26. The van der Waals surface area contributed by atoms with Crippen molar-refractivity contribution >= 4 is 43.5 Å². The predicted molar refractivity (Wildman–Crippen MR) is 82.8 cm³/mol. The van der Waals surface area contributed by atoms with E-state index in [4.69, 9.17) is 4.74 Å². The van der Waals surface area contributed by atoms with Gasteiger partial charge < -0.3 is 10.1 Å². The van der Waals surface area contributed by atoms with Gasteiger partial charge in [0, 0.05) is 20.7 Å². The highest BCUT2D eigenvalue weighted by Gasteiger charge is 2.10. The largest absolute Gasteiger partial charge is 0.497 e. The number of hydrogen-bond donors (Lipinski definition) is 1. The van der Waals surface area contributed by atoms with Gasteiger partial charge in [0.05, 0.1) is 12.7 Å². The maximum atomic E-state index is 12.1. The second-order valence-electron chi connectivity index (χ2n) is 3.81. The molecule has 2 aromatic rings. The van der Waals surface area contributed by atoms with Gasteiger partial charge in [-0.3, -0.25) is 4.79 Å². The third kappa shape index (κ3) is 3.58. The van der Waals surface area contributed by atoms with E-state index in [1.165, 1.54) is 0 Å². The van der Waals surface area contributed by atoms with Gasteiger partial charge in [-0.1, -0.05) is 28.1 Å². The molecule has 0 aromatic heterocycles. The Labute approximate surface area is 128 Å². The third-order valence-corrected chi connectivity index (χ3v) is 3.63. The van der Waals surface area contributed by atoms with Crippen LogP contribution in [0.2, 0.25) is 0 Å². The molecule has 0 bridgehead atoms. The van der Waals surface area contributed by atoms with Crippen LogP contribution in [-0.2, 0) is 0 Å². The minimum atomic E-state index is -0.173. The fourth-order valence-corrected chi connectivity index (χ4v) is 2.53. The van der Waals surface area contributed by atoms with Gasteiger partial charge in [0.15, 0.2) is 0 Å². The molecular weight excluding hydrogens is 374 g/mol. The summed E-state index contributed by atoms with van der Waals surface area (Å²) >= 11 is 6.73. The summed E-state index contributed by atoms with van der Waals surface area (Å²) in [5, 5.41) is 2.84. The predicted octanol–water partition coefficient (Wildman–Crippen LogP) is 4.47. The molecule has 0 unspecified atom stereocenters. The van der Waals surface area contributed by atoms with Gasteiger partial charge in [0.1, 0.15) is 5.75 Å². The first-order chi connectivity index (χ1) is 9.10. The van der Waals surface area contributed by atoms with Gasteiger partial charge in [-0.05, 0) is 40.2 Å². The first-order valence-corrected chi connectivity index (χ1v) is 7.09. The van der Waals surface area contributed by atoms with E-state index in [-0.39, 0.29) is 5.91 Å². The number of methoxy groups -OCH3 is 1. The number of carbonyl (C=O) groups excluding carboxylic acids is 1. The zero-order valence-electron chi connectivity index (χ0n) is 10.1. The molecule has 2 rings (SSSR count). The zero-order valence-corrected chi connectivity index (χ0v) is 13.3. The molecule has 1 N–H and O–H groups in total. The van der Waals surface area contributed by atoms with Gasteiger partial charge in [0.2, 0.25) is 0 Å². The van der Waals surface area contributed by atoms with Crippen LogP contribution in [0.5, 0.6) is 5.75 Å². The van der Waals surface area contributed by atoms with Gasteiger partial charge in [0.25, 0.3) is 5.91 Å². The maximum Gasteiger partial charge on any atom is 0.256 e. The van der Waals surface area contributed by atoms with Crippen molar-refractivity contribution in [2.45, 2.75) is 0 Å². The van der Waals surface area contributed by atoms with Crippen LogP contribution >= 0.6 is 31.9 Å². The Bertz CT molecular complexity index is 614. The lowest BCUT2D eigenvalue weighted by molar-refractivity contribution is 0.102. The molecule has 0 fully saturated rings. The first-order valence-electron chi connectivity index (χ1n) is 5.50. The molecule has 19 heavy (non-hydrogen) atoms. The zero-order chi connectivity index (χ0) is 13.8. The van der Waals surface area contributed by atoms with Gasteiger partial charge >= 0.3 is 0 Å². The van der Waals surface area contributed by atoms with Crippen LogP contribution in [0.1, 0.15) is 10.4 Å². The molecule has 0 saturated carbocycles. The van der Waals surface area contributed by atoms with Gasteiger partial charge in [-0.25, -0.2) is 0 Å². The topological polar surface area (TPSA) is 38.3 Å². The lowest BCUT2D eigenvalue weighted by atomic mass is 10.2. The number of hydrogen-bond acceptors (Lipinski definition) is 2. The maximum absolute atomic E-state index is 12.1. The average Bonchev–Trinajstić information content (AvgIpc) is 2.38. The van der Waals surface area contributed by atoms with Crippen molar-refractivity contribution < 1.29 is 9.53 Å². The Kier molecular flexibility index (Phi) is 4.61. The lowest BCUT2D eigenvalue weighted by Gasteiger charge is -2.09. The number of amides is 1. The summed E-state index contributed by atoms with van der Waals surface area (Å²) in [5.74, 6) is 0.504. The summed E-state index contributed by atoms with van der Waals surface area (Å²) in [6.45, 7) is 0. The fourth-order valence-electron chi connectivity index (χ4n) is 1.60. The minimum absolute atomic E-state index is 0.173. The number of benzene rings is 2. The highest BCUT2D eigenvalue weighted by atomic mass is 79.9. The van der Waals surface area contributed by atoms with Crippen LogP contribution in [0.3, 0.4) is 0 Å². The second kappa shape index (κ2) is 6.21. The molecule has 0 saturated heterocycles. The Morgan fingerprint density at radius 2 is 1.89 bits per heavy atom. The second-order valence-corrected chi connectivity index (χ2v) is 5.58. The number of anilines is 1. The molecule has 1 amide bonds. The van der Waals surface area contributed by atoms with E-state index in [1.807, 2.05) is 30.3 Å². The van der Waals surface area contributed by atoms with Crippen molar-refractivity contribution in [1.82, 2.24) is 0 Å². The highest BCUT2D eigenvalue weighted by molar-refractivity contribution is 9.10. The quantitative estimate of drug-likeness (QED) is 0.847. The van der Waals surface area contributed by atoms with Crippen molar-refractivity contribution in [3.8, 4) is 5.75 Å². The molecule has 0 aliphatic heterocycles. The number of rotatable bonds is 3. The molecule has 0 atom stereocenters. The molecule has 0 heterocycles. The van der Waals surface area contributed by atoms with E-state index in [0.717, 1.165) is 8.95 Å². The molecular formula is C14H11Br2NO2. The van der Waals surface area contributed by atoms with Crippen LogP contribution in [0.15, 0.2) is 51.4 Å². The molecule has 0 radical (unpaired) electrons. The number of carbonyl (C=O) groups is 1. The summed E-state index contributed by atoms with van der Waals surface area (Å²) in [7, 11) is 1.58. The van der Waals surface area contributed by atoms with Crippen molar-refractivity contribution in [3.05, 3.63) is 57.0 Å². The normalized spacial score (nSPS) is 10.1. The van der Waals surface area contributed by atoms with Crippen LogP contribution in [0.25, 0.3) is 0 Å². The number of ether oxygens (including phenoxy) is 1. The highest BCUT2D eigenvalue weighted by Crippen LogP contribution is 2.25. The Hall–Kier alpha value is -1.33. The van der Waals surface area contributed by atoms with Crippen molar-refractivity contribution in [2.24, 2.45) is 0 Å². The van der Waals surface area contributed by atoms with E-state index in [9.17, 15) is 4.79 Å². The summed E-state index contributed by atoms with van der Waals surface area (Å²) in [6.07, 6.45) is 0. The van der Waals surface area contributed by atoms with E-state index in [1.54, 1.807) is 19.2 Å². The molecule has 5 heteroatoms. The first kappa shape index (κ1) is 14.1. The van der Waals surface area contributed by atoms with E-state index in [0.29, 0.717) is 17.0 Å². The van der Waals surface area contributed by atoms with Gasteiger partial charge in [-0.2, -0.15) is 0 Å². The molecule has 98 valence electrons. The summed E-state index contributed by atoms with van der Waals surface area (Å²) in [4.78, 5) is 12.1. The number of halogens is 2. The number of nitrogens with one attached hydrogen (secondary N) is 1. The van der Waals surface area contributed by atoms with Gasteiger partial charge in [-0.15, -0.1) is 0 Å². The standard InChI is InChI=1S/C14H11Br2NO2/c1-19-11-7-9(15)6-10(8-11)17-14(18)12-4-2-3-5-13(12)16/h2-8H,1H3,(H,17,18). The Balaban J connectivity index is 2.24. The van der Waals surface area contributed by atoms with Crippen molar-refractivity contribution in [2.75, 3.05) is 12.4 Å². The molecule has 0 aliphatic rings. The SMILES string of the molecule is COc1cc(Br)cc(NC(=O)c2ccccc2Br)c1. The molecule has 0 spiro atoms. The average molecular weight is 385 g/mol.